The maximum Gasteiger partial charge on any atom is 0.0732 e. The first-order chi connectivity index (χ1) is 8.32. The molecule has 0 aliphatic heterocycles. The lowest BCUT2D eigenvalue weighted by Crippen LogP contribution is -2.16. The maximum atomic E-state index is 5.66. The molecule has 2 rings (SSSR count). The van der Waals surface area contributed by atoms with Crippen LogP contribution in [0.15, 0.2) is 18.2 Å². The summed E-state index contributed by atoms with van der Waals surface area (Å²) in [5.74, 6) is 5.66. The zero-order valence-corrected chi connectivity index (χ0v) is 11.8. The van der Waals surface area contributed by atoms with Crippen LogP contribution in [0.1, 0.15) is 37.6 Å². The molecule has 0 unspecified atom stereocenters. The third-order valence-corrected chi connectivity index (χ3v) is 3.17. The SMILES string of the molecule is Cc1cc(C)c2c(NN)cc(C(C)(C)C)nc2c1. The average molecular weight is 243 g/mol. The van der Waals surface area contributed by atoms with Crippen molar-refractivity contribution in [1.82, 2.24) is 4.98 Å². The molecule has 0 saturated heterocycles. The number of nitrogens with one attached hydrogen (secondary N) is 1. The minimum absolute atomic E-state index is 0.0114. The summed E-state index contributed by atoms with van der Waals surface area (Å²) in [4.78, 5) is 4.78. The maximum absolute atomic E-state index is 5.66. The third kappa shape index (κ3) is 2.18. The van der Waals surface area contributed by atoms with Crippen LogP contribution in [0.2, 0.25) is 0 Å². The van der Waals surface area contributed by atoms with Crippen LogP contribution < -0.4 is 11.3 Å². The van der Waals surface area contributed by atoms with Gasteiger partial charge in [-0.1, -0.05) is 26.8 Å². The lowest BCUT2D eigenvalue weighted by Gasteiger charge is -2.20. The van der Waals surface area contributed by atoms with Gasteiger partial charge < -0.3 is 5.43 Å². The molecule has 0 aliphatic rings. The van der Waals surface area contributed by atoms with Crippen LogP contribution in [0.25, 0.3) is 10.9 Å². The molecule has 3 nitrogen and oxygen atoms in total. The Morgan fingerprint density at radius 3 is 2.33 bits per heavy atom. The first-order valence-electron chi connectivity index (χ1n) is 6.22. The van der Waals surface area contributed by atoms with Crippen LogP contribution in [0.5, 0.6) is 0 Å². The molecule has 1 heterocycles. The number of aromatic nitrogens is 1. The monoisotopic (exact) mass is 243 g/mol. The molecule has 3 heteroatoms. The van der Waals surface area contributed by atoms with Gasteiger partial charge in [-0.05, 0) is 37.1 Å². The molecule has 0 spiro atoms. The molecular formula is C15H21N3. The minimum Gasteiger partial charge on any atom is -0.323 e. The average Bonchev–Trinajstić information content (AvgIpc) is 2.25. The van der Waals surface area contributed by atoms with E-state index in [-0.39, 0.29) is 5.41 Å². The van der Waals surface area contributed by atoms with Gasteiger partial charge in [0.2, 0.25) is 0 Å². The summed E-state index contributed by atoms with van der Waals surface area (Å²) in [6.07, 6.45) is 0. The minimum atomic E-state index is 0.0114. The van der Waals surface area contributed by atoms with Gasteiger partial charge in [-0.2, -0.15) is 0 Å². The molecule has 2 aromatic rings. The molecule has 0 fully saturated rings. The second kappa shape index (κ2) is 4.25. The van der Waals surface area contributed by atoms with E-state index in [0.29, 0.717) is 0 Å². The third-order valence-electron chi connectivity index (χ3n) is 3.17. The first-order valence-corrected chi connectivity index (χ1v) is 6.22. The number of nitrogen functional groups attached to an aromatic ring is 1. The topological polar surface area (TPSA) is 50.9 Å². The Morgan fingerprint density at radius 1 is 1.11 bits per heavy atom. The van der Waals surface area contributed by atoms with Crippen molar-refractivity contribution in [3.05, 3.63) is 35.0 Å². The van der Waals surface area contributed by atoms with Crippen LogP contribution in [-0.2, 0) is 5.41 Å². The first kappa shape index (κ1) is 12.8. The highest BCUT2D eigenvalue weighted by Gasteiger charge is 2.18. The summed E-state index contributed by atoms with van der Waals surface area (Å²) in [7, 11) is 0. The van der Waals surface area contributed by atoms with E-state index in [0.717, 1.165) is 22.3 Å². The standard InChI is InChI=1S/C15H21N3/c1-9-6-10(2)14-11(7-9)17-13(15(3,4)5)8-12(14)18-16/h6-8H,16H2,1-5H3,(H,17,18). The van der Waals surface area contributed by atoms with Crippen molar-refractivity contribution in [2.75, 3.05) is 5.43 Å². The fraction of sp³-hybridized carbons (Fsp3) is 0.400. The molecule has 1 aromatic heterocycles. The summed E-state index contributed by atoms with van der Waals surface area (Å²) >= 11 is 0. The van der Waals surface area contributed by atoms with Crippen molar-refractivity contribution < 1.29 is 0 Å². The van der Waals surface area contributed by atoms with E-state index in [2.05, 4.69) is 52.2 Å². The number of anilines is 1. The van der Waals surface area contributed by atoms with Gasteiger partial charge in [0.25, 0.3) is 0 Å². The number of rotatable bonds is 1. The van der Waals surface area contributed by atoms with Crippen LogP contribution >= 0.6 is 0 Å². The Bertz CT molecular complexity index is 595. The largest absolute Gasteiger partial charge is 0.323 e. The van der Waals surface area contributed by atoms with Gasteiger partial charge >= 0.3 is 0 Å². The van der Waals surface area contributed by atoms with Crippen molar-refractivity contribution in [3.63, 3.8) is 0 Å². The normalized spacial score (nSPS) is 11.9. The highest BCUT2D eigenvalue weighted by molar-refractivity contribution is 5.94. The van der Waals surface area contributed by atoms with Gasteiger partial charge in [0.05, 0.1) is 11.2 Å². The Hall–Kier alpha value is -1.61. The summed E-state index contributed by atoms with van der Waals surface area (Å²) in [6, 6.07) is 6.31. The van der Waals surface area contributed by atoms with Gasteiger partial charge in [0.15, 0.2) is 0 Å². The summed E-state index contributed by atoms with van der Waals surface area (Å²) in [6.45, 7) is 10.7. The molecular weight excluding hydrogens is 222 g/mol. The summed E-state index contributed by atoms with van der Waals surface area (Å²) in [5.41, 5.74) is 8.24. The highest BCUT2D eigenvalue weighted by atomic mass is 15.2. The van der Waals surface area contributed by atoms with E-state index >= 15 is 0 Å². The van der Waals surface area contributed by atoms with E-state index in [1.54, 1.807) is 0 Å². The van der Waals surface area contributed by atoms with E-state index in [4.69, 9.17) is 10.8 Å². The Kier molecular flexibility index (Phi) is 3.03. The van der Waals surface area contributed by atoms with E-state index < -0.39 is 0 Å². The molecule has 0 radical (unpaired) electrons. The lowest BCUT2D eigenvalue weighted by molar-refractivity contribution is 0.572. The Morgan fingerprint density at radius 2 is 1.78 bits per heavy atom. The predicted octanol–water partition coefficient (Wildman–Crippen LogP) is 3.43. The van der Waals surface area contributed by atoms with Crippen molar-refractivity contribution in [2.24, 2.45) is 5.84 Å². The second-order valence-corrected chi connectivity index (χ2v) is 5.93. The molecule has 96 valence electrons. The number of hydrogen-bond donors (Lipinski definition) is 2. The van der Waals surface area contributed by atoms with Crippen LogP contribution in [0, 0.1) is 13.8 Å². The lowest BCUT2D eigenvalue weighted by atomic mass is 9.90. The number of hydrogen-bond acceptors (Lipinski definition) is 3. The Labute approximate surface area is 108 Å². The van der Waals surface area contributed by atoms with Crippen LogP contribution in [0.4, 0.5) is 5.69 Å². The summed E-state index contributed by atoms with van der Waals surface area (Å²) < 4.78 is 0. The van der Waals surface area contributed by atoms with E-state index in [1.165, 1.54) is 11.1 Å². The zero-order valence-electron chi connectivity index (χ0n) is 11.8. The number of hydrazine groups is 1. The molecule has 1 aromatic carbocycles. The smallest absolute Gasteiger partial charge is 0.0732 e. The van der Waals surface area contributed by atoms with Crippen molar-refractivity contribution in [2.45, 2.75) is 40.0 Å². The van der Waals surface area contributed by atoms with Crippen molar-refractivity contribution in [1.29, 1.82) is 0 Å². The number of nitrogens with two attached hydrogens (primary N) is 1. The van der Waals surface area contributed by atoms with Crippen LogP contribution in [-0.4, -0.2) is 4.98 Å². The van der Waals surface area contributed by atoms with Gasteiger partial charge in [-0.25, -0.2) is 0 Å². The number of pyridine rings is 1. The molecule has 0 amide bonds. The number of benzene rings is 1. The van der Waals surface area contributed by atoms with E-state index in [1.807, 2.05) is 6.07 Å². The fourth-order valence-corrected chi connectivity index (χ4v) is 2.25. The van der Waals surface area contributed by atoms with Gasteiger partial charge in [-0.15, -0.1) is 0 Å². The molecule has 0 bridgehead atoms. The molecule has 18 heavy (non-hydrogen) atoms. The second-order valence-electron chi connectivity index (χ2n) is 5.93. The molecule has 0 saturated carbocycles. The number of nitrogens with zero attached hydrogens (tertiary/aromatic N) is 1. The quantitative estimate of drug-likeness (QED) is 0.596. The Balaban J connectivity index is 2.84. The fourth-order valence-electron chi connectivity index (χ4n) is 2.25. The predicted molar refractivity (Wildman–Crippen MR) is 77.7 cm³/mol. The molecule has 3 N–H and O–H groups in total. The van der Waals surface area contributed by atoms with Gasteiger partial charge in [-0.3, -0.25) is 10.8 Å². The van der Waals surface area contributed by atoms with Gasteiger partial charge in [0.1, 0.15) is 0 Å². The zero-order chi connectivity index (χ0) is 13.5. The van der Waals surface area contributed by atoms with Crippen molar-refractivity contribution >= 4 is 16.6 Å². The molecule has 0 aliphatic carbocycles. The summed E-state index contributed by atoms with van der Waals surface area (Å²) in [5, 5.41) is 1.11. The number of aryl methyl sites for hydroxylation is 2. The van der Waals surface area contributed by atoms with E-state index in [9.17, 15) is 0 Å². The van der Waals surface area contributed by atoms with Crippen molar-refractivity contribution in [3.8, 4) is 0 Å². The molecule has 0 atom stereocenters. The number of fused-ring (bicyclic) bond motifs is 1. The van der Waals surface area contributed by atoms with Crippen LogP contribution in [0.3, 0.4) is 0 Å². The highest BCUT2D eigenvalue weighted by Crippen LogP contribution is 2.31. The van der Waals surface area contributed by atoms with Gasteiger partial charge in [0, 0.05) is 16.5 Å².